The summed E-state index contributed by atoms with van der Waals surface area (Å²) in [6, 6.07) is 0. The van der Waals surface area contributed by atoms with Gasteiger partial charge >= 0.3 is 0 Å². The Hall–Kier alpha value is -1.69. The van der Waals surface area contributed by atoms with E-state index in [4.69, 9.17) is 5.73 Å². The van der Waals surface area contributed by atoms with Gasteiger partial charge in [-0.05, 0) is 6.92 Å². The molecule has 16 heavy (non-hydrogen) atoms. The normalized spacial score (nSPS) is 10.4. The summed E-state index contributed by atoms with van der Waals surface area (Å²) in [6.07, 6.45) is 1.72. The molecule has 0 aliphatic rings. The Labute approximate surface area is 98.0 Å². The molecule has 0 amide bonds. The Morgan fingerprint density at radius 2 is 2.06 bits per heavy atom. The molecule has 0 atom stereocenters. The van der Waals surface area contributed by atoms with Gasteiger partial charge in [0.25, 0.3) is 0 Å². The Balaban J connectivity index is 2.44. The van der Waals surface area contributed by atoms with E-state index in [1.165, 1.54) is 0 Å². The predicted octanol–water partition coefficient (Wildman–Crippen LogP) is 1.56. The van der Waals surface area contributed by atoms with Gasteiger partial charge in [0.15, 0.2) is 0 Å². The number of hydrogen-bond donors (Lipinski definition) is 1. The summed E-state index contributed by atoms with van der Waals surface area (Å²) in [5.41, 5.74) is 7.67. The van der Waals surface area contributed by atoms with Gasteiger partial charge in [-0.1, -0.05) is 0 Å². The van der Waals surface area contributed by atoms with Crippen LogP contribution in [-0.2, 0) is 0 Å². The van der Waals surface area contributed by atoms with Crippen molar-refractivity contribution in [3.8, 4) is 10.6 Å². The van der Waals surface area contributed by atoms with Crippen molar-refractivity contribution in [2.45, 2.75) is 6.92 Å². The number of nitrogens with two attached hydrogens (primary N) is 1. The number of aryl methyl sites for hydroxylation is 1. The van der Waals surface area contributed by atoms with Gasteiger partial charge < -0.3 is 10.6 Å². The third-order valence-corrected chi connectivity index (χ3v) is 3.05. The first-order chi connectivity index (χ1) is 7.58. The first-order valence-corrected chi connectivity index (χ1v) is 5.68. The van der Waals surface area contributed by atoms with Crippen LogP contribution in [0, 0.1) is 6.92 Å². The smallest absolute Gasteiger partial charge is 0.226 e. The maximum Gasteiger partial charge on any atom is 0.226 e. The largest absolute Gasteiger partial charge is 0.383 e. The van der Waals surface area contributed by atoms with E-state index in [1.54, 1.807) is 17.5 Å². The summed E-state index contributed by atoms with van der Waals surface area (Å²) in [5.74, 6) is 1.07. The summed E-state index contributed by atoms with van der Waals surface area (Å²) < 4.78 is 0. The van der Waals surface area contributed by atoms with E-state index in [-0.39, 0.29) is 0 Å². The van der Waals surface area contributed by atoms with Gasteiger partial charge in [0.1, 0.15) is 10.8 Å². The molecule has 0 fully saturated rings. The zero-order valence-corrected chi connectivity index (χ0v) is 10.2. The van der Waals surface area contributed by atoms with E-state index < -0.39 is 0 Å². The number of thiazole rings is 1. The lowest BCUT2D eigenvalue weighted by molar-refractivity contribution is 1.00. The average molecular weight is 235 g/mol. The van der Waals surface area contributed by atoms with E-state index in [0.717, 1.165) is 16.3 Å². The first kappa shape index (κ1) is 10.8. The topological polar surface area (TPSA) is 67.9 Å². The van der Waals surface area contributed by atoms with Crippen molar-refractivity contribution in [2.75, 3.05) is 24.7 Å². The van der Waals surface area contributed by atoms with Crippen molar-refractivity contribution >= 4 is 23.1 Å². The molecule has 0 aromatic carbocycles. The molecule has 0 aliphatic heterocycles. The lowest BCUT2D eigenvalue weighted by atomic mass is 10.3. The molecule has 2 heterocycles. The summed E-state index contributed by atoms with van der Waals surface area (Å²) >= 11 is 1.55. The molecule has 0 bridgehead atoms. The van der Waals surface area contributed by atoms with Crippen molar-refractivity contribution < 1.29 is 0 Å². The minimum atomic E-state index is 0.466. The van der Waals surface area contributed by atoms with Gasteiger partial charge in [0.05, 0.1) is 5.56 Å². The molecule has 5 nitrogen and oxygen atoms in total. The van der Waals surface area contributed by atoms with Crippen LogP contribution in [0.25, 0.3) is 10.6 Å². The third kappa shape index (κ3) is 1.96. The number of hydrogen-bond acceptors (Lipinski definition) is 6. The molecule has 0 unspecified atom stereocenters. The van der Waals surface area contributed by atoms with E-state index in [1.807, 2.05) is 31.3 Å². The molecule has 2 aromatic rings. The van der Waals surface area contributed by atoms with E-state index >= 15 is 0 Å². The molecule has 0 saturated carbocycles. The van der Waals surface area contributed by atoms with E-state index in [9.17, 15) is 0 Å². The highest BCUT2D eigenvalue weighted by atomic mass is 32.1. The fourth-order valence-electron chi connectivity index (χ4n) is 1.24. The van der Waals surface area contributed by atoms with Crippen molar-refractivity contribution in [1.29, 1.82) is 0 Å². The Morgan fingerprint density at radius 1 is 1.31 bits per heavy atom. The van der Waals surface area contributed by atoms with Crippen LogP contribution in [0.5, 0.6) is 0 Å². The number of aromatic nitrogens is 3. The quantitative estimate of drug-likeness (QED) is 0.855. The average Bonchev–Trinajstić information content (AvgIpc) is 2.64. The van der Waals surface area contributed by atoms with Crippen LogP contribution in [-0.4, -0.2) is 29.0 Å². The standard InChI is InChI=1S/C10H13N5S/c1-6-5-16-9(13-6)7-4-12-10(15(2)3)14-8(7)11/h4-5H,1-3H3,(H2,11,12,14). The molecule has 6 heteroatoms. The number of anilines is 2. The Morgan fingerprint density at radius 3 is 2.56 bits per heavy atom. The van der Waals surface area contributed by atoms with Crippen LogP contribution in [0.15, 0.2) is 11.6 Å². The zero-order chi connectivity index (χ0) is 11.7. The van der Waals surface area contributed by atoms with Gasteiger partial charge in [-0.25, -0.2) is 9.97 Å². The molecular weight excluding hydrogens is 222 g/mol. The van der Waals surface area contributed by atoms with Crippen LogP contribution < -0.4 is 10.6 Å². The number of nitrogen functional groups attached to an aromatic ring is 1. The summed E-state index contributed by atoms with van der Waals surface area (Å²) in [5, 5.41) is 2.84. The van der Waals surface area contributed by atoms with Crippen LogP contribution in [0.1, 0.15) is 5.69 Å². The van der Waals surface area contributed by atoms with Crippen molar-refractivity contribution in [3.63, 3.8) is 0 Å². The fraction of sp³-hybridized carbons (Fsp3) is 0.300. The molecule has 0 radical (unpaired) electrons. The lowest BCUT2D eigenvalue weighted by Gasteiger charge is -2.10. The SMILES string of the molecule is Cc1csc(-c2cnc(N(C)C)nc2N)n1. The third-order valence-electron chi connectivity index (χ3n) is 2.05. The first-order valence-electron chi connectivity index (χ1n) is 4.80. The fourth-order valence-corrected chi connectivity index (χ4v) is 2.06. The van der Waals surface area contributed by atoms with Crippen molar-refractivity contribution in [1.82, 2.24) is 15.0 Å². The molecule has 0 saturated heterocycles. The van der Waals surface area contributed by atoms with Gasteiger partial charge in [0.2, 0.25) is 5.95 Å². The van der Waals surface area contributed by atoms with Gasteiger partial charge in [-0.2, -0.15) is 4.98 Å². The molecule has 0 spiro atoms. The van der Waals surface area contributed by atoms with Gasteiger partial charge in [-0.3, -0.25) is 0 Å². The predicted molar refractivity (Wildman–Crippen MR) is 66.6 cm³/mol. The number of nitrogens with zero attached hydrogens (tertiary/aromatic N) is 4. The van der Waals surface area contributed by atoms with Crippen molar-refractivity contribution in [2.24, 2.45) is 0 Å². The minimum absolute atomic E-state index is 0.466. The molecular formula is C10H13N5S. The number of rotatable bonds is 2. The van der Waals surface area contributed by atoms with Crippen LogP contribution >= 0.6 is 11.3 Å². The molecule has 2 aromatic heterocycles. The maximum absolute atomic E-state index is 5.89. The van der Waals surface area contributed by atoms with Crippen LogP contribution in [0.4, 0.5) is 11.8 Å². The molecule has 0 aliphatic carbocycles. The minimum Gasteiger partial charge on any atom is -0.383 e. The second-order valence-corrected chi connectivity index (χ2v) is 4.52. The highest BCUT2D eigenvalue weighted by molar-refractivity contribution is 7.13. The maximum atomic E-state index is 5.89. The highest BCUT2D eigenvalue weighted by Crippen LogP contribution is 2.27. The summed E-state index contributed by atoms with van der Waals surface area (Å²) in [6.45, 7) is 1.95. The highest BCUT2D eigenvalue weighted by Gasteiger charge is 2.10. The van der Waals surface area contributed by atoms with Crippen LogP contribution in [0.3, 0.4) is 0 Å². The Bertz CT molecular complexity index is 506. The second-order valence-electron chi connectivity index (χ2n) is 3.66. The van der Waals surface area contributed by atoms with E-state index in [2.05, 4.69) is 15.0 Å². The van der Waals surface area contributed by atoms with Crippen molar-refractivity contribution in [3.05, 3.63) is 17.3 Å². The molecule has 84 valence electrons. The zero-order valence-electron chi connectivity index (χ0n) is 9.43. The monoisotopic (exact) mass is 235 g/mol. The lowest BCUT2D eigenvalue weighted by Crippen LogP contribution is -2.13. The van der Waals surface area contributed by atoms with Gasteiger partial charge in [0, 0.05) is 31.4 Å². The summed E-state index contributed by atoms with van der Waals surface area (Å²) in [7, 11) is 3.75. The molecule has 2 N–H and O–H groups in total. The second kappa shape index (κ2) is 4.05. The summed E-state index contributed by atoms with van der Waals surface area (Å²) in [4.78, 5) is 14.6. The molecule has 2 rings (SSSR count). The Kier molecular flexibility index (Phi) is 2.74. The van der Waals surface area contributed by atoms with Crippen LogP contribution in [0.2, 0.25) is 0 Å². The van der Waals surface area contributed by atoms with E-state index in [0.29, 0.717) is 11.8 Å². The van der Waals surface area contributed by atoms with Gasteiger partial charge in [-0.15, -0.1) is 11.3 Å².